The van der Waals surface area contributed by atoms with Gasteiger partial charge in [-0.2, -0.15) is 4.31 Å². The van der Waals surface area contributed by atoms with E-state index in [-0.39, 0.29) is 10.8 Å². The van der Waals surface area contributed by atoms with Gasteiger partial charge in [0.05, 0.1) is 23.5 Å². The maximum absolute atomic E-state index is 12.7. The predicted molar refractivity (Wildman–Crippen MR) is 84.4 cm³/mol. The van der Waals surface area contributed by atoms with Crippen LogP contribution in [0, 0.1) is 13.8 Å². The lowest BCUT2D eigenvalue weighted by Gasteiger charge is -2.14. The van der Waals surface area contributed by atoms with Crippen molar-refractivity contribution < 1.29 is 17.5 Å². The lowest BCUT2D eigenvalue weighted by Crippen LogP contribution is -2.25. The summed E-state index contributed by atoms with van der Waals surface area (Å²) in [5.41, 5.74) is 2.14. The molecule has 0 aromatic carbocycles. The van der Waals surface area contributed by atoms with Crippen LogP contribution in [0.25, 0.3) is 10.4 Å². The highest BCUT2D eigenvalue weighted by molar-refractivity contribution is 7.91. The minimum Gasteiger partial charge on any atom is -0.364 e. The van der Waals surface area contributed by atoms with Crippen molar-refractivity contribution in [3.63, 3.8) is 0 Å². The largest absolute Gasteiger partial charge is 0.364 e. The van der Waals surface area contributed by atoms with Crippen LogP contribution in [0.3, 0.4) is 0 Å². The highest BCUT2D eigenvalue weighted by Crippen LogP contribution is 2.35. The van der Waals surface area contributed by atoms with Crippen LogP contribution in [-0.2, 0) is 16.6 Å². The maximum atomic E-state index is 12.7. The third-order valence-electron chi connectivity index (χ3n) is 3.40. The highest BCUT2D eigenvalue weighted by Gasteiger charge is 2.25. The van der Waals surface area contributed by atoms with Crippen molar-refractivity contribution in [2.75, 3.05) is 7.05 Å². The number of rotatable bonds is 5. The highest BCUT2D eigenvalue weighted by atomic mass is 32.2. The fraction of sp³-hybridized carbons (Fsp3) is 0.286. The molecule has 0 saturated carbocycles. The van der Waals surface area contributed by atoms with Crippen LogP contribution >= 0.6 is 11.3 Å². The summed E-state index contributed by atoms with van der Waals surface area (Å²) in [6.45, 7) is 3.79. The van der Waals surface area contributed by atoms with Crippen molar-refractivity contribution >= 4 is 21.4 Å². The van der Waals surface area contributed by atoms with E-state index >= 15 is 0 Å². The molecule has 3 aromatic rings. The lowest BCUT2D eigenvalue weighted by molar-refractivity contribution is 0.393. The second-order valence-corrected chi connectivity index (χ2v) is 8.43. The Bertz CT molecular complexity index is 890. The molecule has 7 nitrogen and oxygen atoms in total. The van der Waals surface area contributed by atoms with E-state index in [0.29, 0.717) is 11.5 Å². The van der Waals surface area contributed by atoms with Gasteiger partial charge in [-0.25, -0.2) is 8.42 Å². The molecular formula is C14H15N3O4S2. The summed E-state index contributed by atoms with van der Waals surface area (Å²) >= 11 is 1.19. The number of sulfonamides is 1. The van der Waals surface area contributed by atoms with E-state index in [9.17, 15) is 8.42 Å². The molecule has 0 aliphatic carbocycles. The molecule has 3 aromatic heterocycles. The molecule has 0 bridgehead atoms. The van der Waals surface area contributed by atoms with Crippen molar-refractivity contribution in [3.8, 4) is 10.4 Å². The van der Waals surface area contributed by atoms with Gasteiger partial charge in [0.2, 0.25) is 0 Å². The number of hydrogen-bond donors (Lipinski definition) is 0. The number of nitrogens with zero attached hydrogens (tertiary/aromatic N) is 3. The molecule has 0 atom stereocenters. The average Bonchev–Trinajstić information content (AvgIpc) is 3.21. The SMILES string of the molecule is Cc1noc(C)c1-c1ccc(S(=O)(=O)N(C)Cc2ccon2)s1. The number of aromatic nitrogens is 2. The third-order valence-corrected chi connectivity index (χ3v) is 6.78. The van der Waals surface area contributed by atoms with Crippen molar-refractivity contribution in [1.29, 1.82) is 0 Å². The molecule has 122 valence electrons. The molecule has 3 rings (SSSR count). The minimum absolute atomic E-state index is 0.150. The van der Waals surface area contributed by atoms with Crippen molar-refractivity contribution in [2.45, 2.75) is 24.6 Å². The molecule has 0 aliphatic rings. The average molecular weight is 353 g/mol. The Morgan fingerprint density at radius 2 is 2.00 bits per heavy atom. The molecule has 0 N–H and O–H groups in total. The van der Waals surface area contributed by atoms with Gasteiger partial charge in [0, 0.05) is 18.0 Å². The Hall–Kier alpha value is -1.97. The number of aryl methyl sites for hydroxylation is 2. The van der Waals surface area contributed by atoms with E-state index in [0.717, 1.165) is 16.1 Å². The van der Waals surface area contributed by atoms with Gasteiger partial charge in [-0.15, -0.1) is 11.3 Å². The Morgan fingerprint density at radius 1 is 1.22 bits per heavy atom. The lowest BCUT2D eigenvalue weighted by atomic mass is 10.2. The zero-order valence-electron chi connectivity index (χ0n) is 12.8. The first-order valence-corrected chi connectivity index (χ1v) is 9.04. The second kappa shape index (κ2) is 5.91. The van der Waals surface area contributed by atoms with E-state index in [1.54, 1.807) is 25.1 Å². The van der Waals surface area contributed by atoms with Crippen LogP contribution in [-0.4, -0.2) is 30.1 Å². The van der Waals surface area contributed by atoms with Crippen LogP contribution in [0.1, 0.15) is 17.1 Å². The van der Waals surface area contributed by atoms with Crippen molar-refractivity contribution in [1.82, 2.24) is 14.6 Å². The quantitative estimate of drug-likeness (QED) is 0.701. The maximum Gasteiger partial charge on any atom is 0.252 e. The topological polar surface area (TPSA) is 89.4 Å². The molecule has 0 saturated heterocycles. The Morgan fingerprint density at radius 3 is 2.61 bits per heavy atom. The molecule has 0 radical (unpaired) electrons. The van der Waals surface area contributed by atoms with Gasteiger partial charge < -0.3 is 9.05 Å². The van der Waals surface area contributed by atoms with Crippen LogP contribution in [0.4, 0.5) is 0 Å². The van der Waals surface area contributed by atoms with Crippen molar-refractivity contribution in [2.24, 2.45) is 0 Å². The molecule has 0 amide bonds. The van der Waals surface area contributed by atoms with Crippen LogP contribution in [0.5, 0.6) is 0 Å². The first kappa shape index (κ1) is 15.9. The Labute approximate surface area is 137 Å². The van der Waals surface area contributed by atoms with Gasteiger partial charge in [0.15, 0.2) is 0 Å². The van der Waals surface area contributed by atoms with E-state index in [1.807, 2.05) is 6.92 Å². The normalized spacial score (nSPS) is 12.2. The van der Waals surface area contributed by atoms with E-state index < -0.39 is 10.0 Å². The molecular weight excluding hydrogens is 338 g/mol. The minimum atomic E-state index is -3.59. The van der Waals surface area contributed by atoms with E-state index in [2.05, 4.69) is 10.3 Å². The van der Waals surface area contributed by atoms with E-state index in [1.165, 1.54) is 29.0 Å². The van der Waals surface area contributed by atoms with Gasteiger partial charge >= 0.3 is 0 Å². The van der Waals surface area contributed by atoms with Crippen LogP contribution in [0.15, 0.2) is 37.7 Å². The van der Waals surface area contributed by atoms with Gasteiger partial charge in [0.25, 0.3) is 10.0 Å². The number of hydrogen-bond acceptors (Lipinski definition) is 7. The molecule has 23 heavy (non-hydrogen) atoms. The molecule has 9 heteroatoms. The van der Waals surface area contributed by atoms with Crippen LogP contribution in [0.2, 0.25) is 0 Å². The summed E-state index contributed by atoms with van der Waals surface area (Å²) in [6.07, 6.45) is 1.41. The molecule has 0 unspecified atom stereocenters. The van der Waals surface area contributed by atoms with Crippen LogP contribution < -0.4 is 0 Å². The van der Waals surface area contributed by atoms with E-state index in [4.69, 9.17) is 9.05 Å². The summed E-state index contributed by atoms with van der Waals surface area (Å²) in [7, 11) is -2.08. The summed E-state index contributed by atoms with van der Waals surface area (Å²) < 4.78 is 36.7. The molecule has 0 fully saturated rings. The van der Waals surface area contributed by atoms with Gasteiger partial charge in [-0.3, -0.25) is 0 Å². The molecule has 0 aliphatic heterocycles. The number of thiophene rings is 1. The summed E-state index contributed by atoms with van der Waals surface area (Å²) in [5.74, 6) is 0.671. The first-order chi connectivity index (χ1) is 10.9. The second-order valence-electron chi connectivity index (χ2n) is 5.07. The molecule has 0 spiro atoms. The standard InChI is InChI=1S/C14H15N3O4S2/c1-9-14(10(2)21-15-9)12-4-5-13(22-12)23(18,19)17(3)8-11-6-7-20-16-11/h4-7H,8H2,1-3H3. The zero-order chi connectivity index (χ0) is 16.6. The van der Waals surface area contributed by atoms with Gasteiger partial charge in [0.1, 0.15) is 16.2 Å². The van der Waals surface area contributed by atoms with Gasteiger partial charge in [-0.1, -0.05) is 10.3 Å². The summed E-state index contributed by atoms with van der Waals surface area (Å²) in [5, 5.41) is 7.64. The first-order valence-electron chi connectivity index (χ1n) is 6.78. The Kier molecular flexibility index (Phi) is 4.09. The molecule has 3 heterocycles. The summed E-state index contributed by atoms with van der Waals surface area (Å²) in [6, 6.07) is 5.00. The smallest absolute Gasteiger partial charge is 0.252 e. The zero-order valence-corrected chi connectivity index (χ0v) is 14.4. The predicted octanol–water partition coefficient (Wildman–Crippen LogP) is 2.83. The third kappa shape index (κ3) is 2.94. The van der Waals surface area contributed by atoms with Gasteiger partial charge in [-0.05, 0) is 26.0 Å². The summed E-state index contributed by atoms with van der Waals surface area (Å²) in [4.78, 5) is 0.815. The fourth-order valence-corrected chi connectivity index (χ4v) is 5.02. The monoisotopic (exact) mass is 353 g/mol. The van der Waals surface area contributed by atoms with Crippen molar-refractivity contribution in [3.05, 3.63) is 41.6 Å². The Balaban J connectivity index is 1.90. The fourth-order valence-electron chi connectivity index (χ4n) is 2.21.